The van der Waals surface area contributed by atoms with Crippen molar-refractivity contribution in [2.45, 2.75) is 26.9 Å². The summed E-state index contributed by atoms with van der Waals surface area (Å²) >= 11 is 0. The molecule has 0 aliphatic rings. The van der Waals surface area contributed by atoms with Gasteiger partial charge in [-0.3, -0.25) is 4.79 Å². The van der Waals surface area contributed by atoms with Gasteiger partial charge in [0.2, 0.25) is 5.91 Å². The highest BCUT2D eigenvalue weighted by Gasteiger charge is 2.11. The standard InChI is InChI=1S/C20H18F2N2O3/c1-12-17(13(2)27-24-12)11-26-16-6-3-14(4-7-16)9-20(25)23-19-10-15(21)5-8-18(19)22/h3-8,10H,9,11H2,1-2H3,(H,23,25). The summed E-state index contributed by atoms with van der Waals surface area (Å²) in [5.74, 6) is -0.399. The molecular weight excluding hydrogens is 354 g/mol. The molecule has 0 aliphatic heterocycles. The molecule has 5 nitrogen and oxygen atoms in total. The van der Waals surface area contributed by atoms with Crippen LogP contribution in [0.1, 0.15) is 22.6 Å². The second kappa shape index (κ2) is 7.99. The maximum absolute atomic E-state index is 13.6. The molecule has 1 aromatic heterocycles. The zero-order valence-corrected chi connectivity index (χ0v) is 14.9. The van der Waals surface area contributed by atoms with E-state index in [1.54, 1.807) is 24.3 Å². The number of nitrogens with one attached hydrogen (secondary N) is 1. The first-order valence-corrected chi connectivity index (χ1v) is 8.31. The van der Waals surface area contributed by atoms with Crippen LogP contribution >= 0.6 is 0 Å². The van der Waals surface area contributed by atoms with Crippen LogP contribution in [0.25, 0.3) is 0 Å². The molecule has 1 heterocycles. The highest BCUT2D eigenvalue weighted by atomic mass is 19.1. The van der Waals surface area contributed by atoms with Gasteiger partial charge in [-0.15, -0.1) is 0 Å². The van der Waals surface area contributed by atoms with Crippen LogP contribution in [0, 0.1) is 25.5 Å². The van der Waals surface area contributed by atoms with Crippen LogP contribution in [-0.4, -0.2) is 11.1 Å². The molecule has 0 saturated heterocycles. The monoisotopic (exact) mass is 372 g/mol. The Hall–Kier alpha value is -3.22. The van der Waals surface area contributed by atoms with Crippen LogP contribution in [0.4, 0.5) is 14.5 Å². The van der Waals surface area contributed by atoms with E-state index in [2.05, 4.69) is 10.5 Å². The molecule has 0 aliphatic carbocycles. The molecule has 0 unspecified atom stereocenters. The number of nitrogens with zero attached hydrogens (tertiary/aromatic N) is 1. The van der Waals surface area contributed by atoms with Crippen molar-refractivity contribution in [3.05, 3.63) is 76.7 Å². The summed E-state index contributed by atoms with van der Waals surface area (Å²) in [7, 11) is 0. The highest BCUT2D eigenvalue weighted by molar-refractivity contribution is 5.92. The van der Waals surface area contributed by atoms with Crippen LogP contribution in [0.3, 0.4) is 0 Å². The third-order valence-electron chi connectivity index (χ3n) is 4.05. The summed E-state index contributed by atoms with van der Waals surface area (Å²) in [4.78, 5) is 12.0. The molecule has 0 fully saturated rings. The van der Waals surface area contributed by atoms with Crippen molar-refractivity contribution >= 4 is 11.6 Å². The summed E-state index contributed by atoms with van der Waals surface area (Å²) in [6.07, 6.45) is 0.0279. The topological polar surface area (TPSA) is 64.4 Å². The fraction of sp³-hybridized carbons (Fsp3) is 0.200. The first-order chi connectivity index (χ1) is 12.9. The van der Waals surface area contributed by atoms with Crippen LogP contribution in [0.15, 0.2) is 47.0 Å². The van der Waals surface area contributed by atoms with E-state index in [1.165, 1.54) is 0 Å². The maximum atomic E-state index is 13.6. The highest BCUT2D eigenvalue weighted by Crippen LogP contribution is 2.19. The number of rotatable bonds is 6. The van der Waals surface area contributed by atoms with Gasteiger partial charge < -0.3 is 14.6 Å². The largest absolute Gasteiger partial charge is 0.489 e. The predicted octanol–water partition coefficient (Wildman–Crippen LogP) is 4.33. The minimum Gasteiger partial charge on any atom is -0.489 e. The number of halogens is 2. The van der Waals surface area contributed by atoms with Crippen molar-refractivity contribution in [2.24, 2.45) is 0 Å². The second-order valence-corrected chi connectivity index (χ2v) is 6.08. The van der Waals surface area contributed by atoms with E-state index in [9.17, 15) is 13.6 Å². The summed E-state index contributed by atoms with van der Waals surface area (Å²) in [5.41, 5.74) is 2.22. The minimum atomic E-state index is -0.687. The molecule has 0 bridgehead atoms. The fourth-order valence-electron chi connectivity index (χ4n) is 2.54. The lowest BCUT2D eigenvalue weighted by atomic mass is 10.1. The predicted molar refractivity (Wildman–Crippen MR) is 95.4 cm³/mol. The zero-order valence-electron chi connectivity index (χ0n) is 14.9. The number of carbonyl (C=O) groups excluding carboxylic acids is 1. The SMILES string of the molecule is Cc1noc(C)c1COc1ccc(CC(=O)Nc2cc(F)ccc2F)cc1. The Morgan fingerprint density at radius 3 is 2.56 bits per heavy atom. The number of hydrogen-bond donors (Lipinski definition) is 1. The van der Waals surface area contributed by atoms with Gasteiger partial charge in [-0.05, 0) is 43.7 Å². The lowest BCUT2D eigenvalue weighted by Crippen LogP contribution is -2.15. The number of benzene rings is 2. The van der Waals surface area contributed by atoms with Crippen LogP contribution in [0.2, 0.25) is 0 Å². The van der Waals surface area contributed by atoms with Gasteiger partial charge in [0.05, 0.1) is 23.4 Å². The van der Waals surface area contributed by atoms with Crippen molar-refractivity contribution in [1.29, 1.82) is 0 Å². The van der Waals surface area contributed by atoms with E-state index in [0.29, 0.717) is 23.7 Å². The molecule has 2 aromatic carbocycles. The van der Waals surface area contributed by atoms with Crippen molar-refractivity contribution in [3.63, 3.8) is 0 Å². The molecule has 27 heavy (non-hydrogen) atoms. The normalized spacial score (nSPS) is 10.7. The van der Waals surface area contributed by atoms with E-state index in [-0.39, 0.29) is 12.1 Å². The van der Waals surface area contributed by atoms with Crippen LogP contribution in [0.5, 0.6) is 5.75 Å². The van der Waals surface area contributed by atoms with Gasteiger partial charge in [-0.1, -0.05) is 17.3 Å². The van der Waals surface area contributed by atoms with Gasteiger partial charge in [0, 0.05) is 6.07 Å². The summed E-state index contributed by atoms with van der Waals surface area (Å²) in [5, 5.41) is 6.24. The smallest absolute Gasteiger partial charge is 0.228 e. The van der Waals surface area contributed by atoms with Gasteiger partial charge in [-0.2, -0.15) is 0 Å². The zero-order chi connectivity index (χ0) is 19.4. The Bertz CT molecular complexity index is 933. The number of anilines is 1. The van der Waals surface area contributed by atoms with Gasteiger partial charge in [0.25, 0.3) is 0 Å². The number of ether oxygens (including phenoxy) is 1. The third-order valence-corrected chi connectivity index (χ3v) is 4.05. The number of carbonyl (C=O) groups is 1. The fourth-order valence-corrected chi connectivity index (χ4v) is 2.54. The lowest BCUT2D eigenvalue weighted by molar-refractivity contribution is -0.115. The van der Waals surface area contributed by atoms with Crippen molar-refractivity contribution < 1.29 is 22.8 Å². The Kier molecular flexibility index (Phi) is 5.49. The Morgan fingerprint density at radius 1 is 1.15 bits per heavy atom. The Labute approximate surface area is 154 Å². The molecule has 0 saturated carbocycles. The molecule has 0 radical (unpaired) electrons. The van der Waals surface area contributed by atoms with Crippen molar-refractivity contribution in [1.82, 2.24) is 5.16 Å². The quantitative estimate of drug-likeness (QED) is 0.700. The molecule has 0 spiro atoms. The molecular formula is C20H18F2N2O3. The molecule has 3 aromatic rings. The van der Waals surface area contributed by atoms with E-state index < -0.39 is 17.5 Å². The van der Waals surface area contributed by atoms with Gasteiger partial charge in [-0.25, -0.2) is 8.78 Å². The number of amides is 1. The maximum Gasteiger partial charge on any atom is 0.228 e. The van der Waals surface area contributed by atoms with Crippen molar-refractivity contribution in [2.75, 3.05) is 5.32 Å². The van der Waals surface area contributed by atoms with Gasteiger partial charge >= 0.3 is 0 Å². The van der Waals surface area contributed by atoms with Gasteiger partial charge in [0.15, 0.2) is 0 Å². The van der Waals surface area contributed by atoms with E-state index >= 15 is 0 Å². The summed E-state index contributed by atoms with van der Waals surface area (Å²) in [6.45, 7) is 4.00. The Morgan fingerprint density at radius 2 is 1.89 bits per heavy atom. The average Bonchev–Trinajstić information content (AvgIpc) is 2.95. The van der Waals surface area contributed by atoms with E-state index in [0.717, 1.165) is 29.5 Å². The van der Waals surface area contributed by atoms with Gasteiger partial charge in [0.1, 0.15) is 29.8 Å². The molecule has 0 atom stereocenters. The summed E-state index contributed by atoms with van der Waals surface area (Å²) < 4.78 is 37.5. The number of aromatic nitrogens is 1. The second-order valence-electron chi connectivity index (χ2n) is 6.08. The first-order valence-electron chi connectivity index (χ1n) is 8.31. The number of hydrogen-bond acceptors (Lipinski definition) is 4. The number of aryl methyl sites for hydroxylation is 2. The van der Waals surface area contributed by atoms with E-state index in [4.69, 9.17) is 9.26 Å². The van der Waals surface area contributed by atoms with E-state index in [1.807, 2.05) is 13.8 Å². The minimum absolute atomic E-state index is 0.0279. The first kappa shape index (κ1) is 18.6. The third kappa shape index (κ3) is 4.69. The lowest BCUT2D eigenvalue weighted by Gasteiger charge is -2.08. The molecule has 1 amide bonds. The molecule has 140 valence electrons. The molecule has 7 heteroatoms. The summed E-state index contributed by atoms with van der Waals surface area (Å²) in [6, 6.07) is 9.86. The Balaban J connectivity index is 1.57. The van der Waals surface area contributed by atoms with Crippen LogP contribution < -0.4 is 10.1 Å². The molecule has 3 rings (SSSR count). The average molecular weight is 372 g/mol. The van der Waals surface area contributed by atoms with Crippen LogP contribution in [-0.2, 0) is 17.8 Å². The molecule has 1 N–H and O–H groups in total. The van der Waals surface area contributed by atoms with Crippen molar-refractivity contribution in [3.8, 4) is 5.75 Å².